The Balaban J connectivity index is 2.79. The number of hydrogen-bond donors (Lipinski definition) is 0. The first-order valence-electron chi connectivity index (χ1n) is 5.57. The minimum atomic E-state index is -2.86. The van der Waals surface area contributed by atoms with Crippen LogP contribution in [0.25, 0.3) is 0 Å². The number of nitriles is 1. The number of halogens is 1. The van der Waals surface area contributed by atoms with E-state index in [-0.39, 0.29) is 5.92 Å². The van der Waals surface area contributed by atoms with Gasteiger partial charge in [0.1, 0.15) is 0 Å². The minimum absolute atomic E-state index is 0.113. The van der Waals surface area contributed by atoms with Crippen LogP contribution < -0.4 is 0 Å². The van der Waals surface area contributed by atoms with Gasteiger partial charge in [-0.25, -0.2) is 0 Å². The van der Waals surface area contributed by atoms with Crippen molar-refractivity contribution in [1.29, 1.82) is 5.26 Å². The van der Waals surface area contributed by atoms with Gasteiger partial charge >= 0.3 is 0 Å². The fourth-order valence-corrected chi connectivity index (χ4v) is 3.49. The zero-order chi connectivity index (χ0) is 13.6. The molecule has 18 heavy (non-hydrogen) atoms. The van der Waals surface area contributed by atoms with Gasteiger partial charge in [0.2, 0.25) is 0 Å². The second kappa shape index (κ2) is 7.23. The Kier molecular flexibility index (Phi) is 6.28. The Morgan fingerprint density at radius 1 is 1.44 bits per heavy atom. The highest BCUT2D eigenvalue weighted by Crippen LogP contribution is 2.55. The summed E-state index contributed by atoms with van der Waals surface area (Å²) in [7, 11) is 0. The van der Waals surface area contributed by atoms with Crippen LogP contribution in [0.2, 0.25) is 0 Å². The fourth-order valence-electron chi connectivity index (χ4n) is 1.48. The average Bonchev–Trinajstić information content (AvgIpc) is 2.36. The van der Waals surface area contributed by atoms with E-state index in [4.69, 9.17) is 32.1 Å². The van der Waals surface area contributed by atoms with E-state index in [2.05, 4.69) is 6.07 Å². The van der Waals surface area contributed by atoms with Crippen LogP contribution in [0.1, 0.15) is 25.3 Å². The summed E-state index contributed by atoms with van der Waals surface area (Å²) in [6.45, 7) is 4.06. The van der Waals surface area contributed by atoms with Gasteiger partial charge in [0, 0.05) is 5.92 Å². The zero-order valence-electron chi connectivity index (χ0n) is 10.2. The number of hydrogen-bond acceptors (Lipinski definition) is 4. The van der Waals surface area contributed by atoms with Crippen molar-refractivity contribution >= 4 is 28.9 Å². The van der Waals surface area contributed by atoms with E-state index < -0.39 is 11.9 Å². The Morgan fingerprint density at radius 2 is 2.06 bits per heavy atom. The number of rotatable bonds is 6. The fraction of sp³-hybridized carbons (Fsp3) is 0.417. The number of nitrogens with zero attached hydrogens (tertiary/aromatic N) is 1. The van der Waals surface area contributed by atoms with Crippen molar-refractivity contribution in [2.75, 3.05) is 6.61 Å². The van der Waals surface area contributed by atoms with Crippen LogP contribution in [0.5, 0.6) is 0 Å². The average molecular weight is 304 g/mol. The topological polar surface area (TPSA) is 42.2 Å². The van der Waals surface area contributed by atoms with Crippen molar-refractivity contribution in [1.82, 2.24) is 0 Å². The lowest BCUT2D eigenvalue weighted by Gasteiger charge is -2.22. The molecular formula is C12H15ClNO2PS. The summed E-state index contributed by atoms with van der Waals surface area (Å²) in [5.74, 6) is -2.97. The van der Waals surface area contributed by atoms with Gasteiger partial charge in [-0.2, -0.15) is 5.26 Å². The normalized spacial score (nSPS) is 17.4. The summed E-state index contributed by atoms with van der Waals surface area (Å²) in [6.07, 6.45) is -0.706. The Bertz CT molecular complexity index is 463. The molecule has 0 radical (unpaired) electrons. The SMILES string of the molecule is CCOP(=S)(Cl)OC(C#N)C(C)c1ccccc1. The maximum Gasteiger partial charge on any atom is 0.283 e. The molecule has 3 atom stereocenters. The lowest BCUT2D eigenvalue weighted by Crippen LogP contribution is -2.17. The number of benzene rings is 1. The minimum Gasteiger partial charge on any atom is -0.318 e. The molecule has 0 fully saturated rings. The summed E-state index contributed by atoms with van der Waals surface area (Å²) < 4.78 is 10.6. The van der Waals surface area contributed by atoms with Crippen molar-refractivity contribution < 1.29 is 9.05 Å². The molecule has 0 spiro atoms. The van der Waals surface area contributed by atoms with Crippen molar-refractivity contribution in [3.63, 3.8) is 0 Å². The van der Waals surface area contributed by atoms with Gasteiger partial charge < -0.3 is 4.52 Å². The monoisotopic (exact) mass is 303 g/mol. The van der Waals surface area contributed by atoms with Crippen LogP contribution in [0.4, 0.5) is 0 Å². The lowest BCUT2D eigenvalue weighted by molar-refractivity contribution is 0.210. The molecule has 1 rings (SSSR count). The molecule has 0 amide bonds. The molecule has 0 aliphatic heterocycles. The molecule has 1 aromatic carbocycles. The van der Waals surface area contributed by atoms with Crippen molar-refractivity contribution in [3.8, 4) is 6.07 Å². The molecule has 0 bridgehead atoms. The van der Waals surface area contributed by atoms with E-state index in [0.29, 0.717) is 6.61 Å². The van der Waals surface area contributed by atoms with Gasteiger partial charge in [0.25, 0.3) is 5.84 Å². The predicted molar refractivity (Wildman–Crippen MR) is 77.1 cm³/mol. The highest BCUT2D eigenvalue weighted by Gasteiger charge is 2.26. The zero-order valence-corrected chi connectivity index (χ0v) is 12.7. The highest BCUT2D eigenvalue weighted by atomic mass is 35.7. The molecule has 0 aromatic heterocycles. The molecular weight excluding hydrogens is 289 g/mol. The van der Waals surface area contributed by atoms with E-state index in [9.17, 15) is 5.26 Å². The summed E-state index contributed by atoms with van der Waals surface area (Å²) in [4.78, 5) is 0. The van der Waals surface area contributed by atoms with Crippen LogP contribution >= 0.6 is 17.1 Å². The van der Waals surface area contributed by atoms with Crippen LogP contribution in [0.3, 0.4) is 0 Å². The quantitative estimate of drug-likeness (QED) is 0.739. The Labute approximate surface area is 118 Å². The molecule has 0 aliphatic rings. The molecule has 3 unspecified atom stereocenters. The van der Waals surface area contributed by atoms with Crippen LogP contribution in [0, 0.1) is 11.3 Å². The third-order valence-electron chi connectivity index (χ3n) is 2.43. The molecule has 1 aromatic rings. The van der Waals surface area contributed by atoms with Crippen LogP contribution in [-0.4, -0.2) is 12.7 Å². The molecule has 98 valence electrons. The van der Waals surface area contributed by atoms with Gasteiger partial charge in [0.05, 0.1) is 12.7 Å². The molecule has 6 heteroatoms. The summed E-state index contributed by atoms with van der Waals surface area (Å²) >= 11 is 11.0. The maximum absolute atomic E-state index is 9.17. The van der Waals surface area contributed by atoms with Gasteiger partial charge in [-0.3, -0.25) is 4.52 Å². The second-order valence-electron chi connectivity index (χ2n) is 3.70. The molecule has 0 saturated heterocycles. The highest BCUT2D eigenvalue weighted by molar-refractivity contribution is 8.22. The first-order chi connectivity index (χ1) is 8.50. The van der Waals surface area contributed by atoms with Crippen molar-refractivity contribution in [2.24, 2.45) is 0 Å². The standard InChI is InChI=1S/C12H15ClNO2PS/c1-3-15-17(13,18)16-12(9-14)10(2)11-7-5-4-6-8-11/h4-8,10,12H,3H2,1-2H3. The van der Waals surface area contributed by atoms with Gasteiger partial charge in [-0.15, -0.1) is 0 Å². The van der Waals surface area contributed by atoms with Crippen molar-refractivity contribution in [2.45, 2.75) is 25.9 Å². The van der Waals surface area contributed by atoms with E-state index in [1.165, 1.54) is 0 Å². The third-order valence-corrected chi connectivity index (χ3v) is 4.58. The van der Waals surface area contributed by atoms with E-state index in [1.807, 2.05) is 37.3 Å². The summed E-state index contributed by atoms with van der Waals surface area (Å²) in [6, 6.07) is 11.7. The molecule has 0 heterocycles. The Morgan fingerprint density at radius 3 is 2.56 bits per heavy atom. The third kappa shape index (κ3) is 4.68. The van der Waals surface area contributed by atoms with Gasteiger partial charge in [-0.1, -0.05) is 37.3 Å². The van der Waals surface area contributed by atoms with Crippen LogP contribution in [0.15, 0.2) is 30.3 Å². The first-order valence-corrected chi connectivity index (χ1v) is 9.11. The predicted octanol–water partition coefficient (Wildman–Crippen LogP) is 4.20. The van der Waals surface area contributed by atoms with Crippen LogP contribution in [-0.2, 0) is 20.9 Å². The Hall–Kier alpha value is -0.430. The van der Waals surface area contributed by atoms with E-state index in [1.54, 1.807) is 6.92 Å². The van der Waals surface area contributed by atoms with E-state index >= 15 is 0 Å². The largest absolute Gasteiger partial charge is 0.318 e. The van der Waals surface area contributed by atoms with E-state index in [0.717, 1.165) is 5.56 Å². The molecule has 3 nitrogen and oxygen atoms in total. The lowest BCUT2D eigenvalue weighted by atomic mass is 9.96. The smallest absolute Gasteiger partial charge is 0.283 e. The molecule has 0 saturated carbocycles. The van der Waals surface area contributed by atoms with Crippen molar-refractivity contribution in [3.05, 3.63) is 35.9 Å². The second-order valence-corrected chi connectivity index (χ2v) is 8.41. The van der Waals surface area contributed by atoms with Gasteiger partial charge in [0.15, 0.2) is 6.10 Å². The summed E-state index contributed by atoms with van der Waals surface area (Å²) in [5.41, 5.74) is 1.01. The summed E-state index contributed by atoms with van der Waals surface area (Å²) in [5, 5.41) is 9.17. The maximum atomic E-state index is 9.17. The van der Waals surface area contributed by atoms with Gasteiger partial charge in [-0.05, 0) is 35.5 Å². The molecule has 0 N–H and O–H groups in total. The first kappa shape index (κ1) is 15.6. The molecule has 0 aliphatic carbocycles.